The highest BCUT2D eigenvalue weighted by Gasteiger charge is 2.36. The van der Waals surface area contributed by atoms with Crippen molar-refractivity contribution in [3.63, 3.8) is 0 Å². The summed E-state index contributed by atoms with van der Waals surface area (Å²) in [6, 6.07) is 53.0. The topological polar surface area (TPSA) is 36.9 Å². The molecule has 6 aromatic rings. The van der Waals surface area contributed by atoms with Crippen molar-refractivity contribution in [2.24, 2.45) is 0 Å². The van der Waals surface area contributed by atoms with Crippen molar-refractivity contribution >= 4 is 0 Å². The van der Waals surface area contributed by atoms with Gasteiger partial charge in [-0.25, -0.2) is 0 Å². The number of hydrogen-bond acceptors (Lipinski definition) is 4. The van der Waals surface area contributed by atoms with Crippen LogP contribution in [0.3, 0.4) is 0 Å². The van der Waals surface area contributed by atoms with Gasteiger partial charge in [0.15, 0.2) is 0 Å². The van der Waals surface area contributed by atoms with Crippen molar-refractivity contribution in [3.8, 4) is 46.7 Å². The zero-order chi connectivity index (χ0) is 34.8. The van der Waals surface area contributed by atoms with Crippen LogP contribution in [0.25, 0.3) is 0 Å². The Morgan fingerprint density at radius 2 is 0.520 bits per heavy atom. The molecule has 0 saturated heterocycles. The van der Waals surface area contributed by atoms with E-state index in [4.69, 9.17) is 18.9 Å². The van der Waals surface area contributed by atoms with Crippen LogP contribution >= 0.6 is 0 Å². The van der Waals surface area contributed by atoms with Gasteiger partial charge < -0.3 is 18.9 Å². The van der Waals surface area contributed by atoms with Gasteiger partial charge in [-0.2, -0.15) is 0 Å². The predicted molar refractivity (Wildman–Crippen MR) is 200 cm³/mol. The van der Waals surface area contributed by atoms with E-state index in [-0.39, 0.29) is 0 Å². The van der Waals surface area contributed by atoms with E-state index in [1.165, 1.54) is 0 Å². The van der Waals surface area contributed by atoms with Crippen LogP contribution in [0.1, 0.15) is 33.4 Å². The first-order valence-electron chi connectivity index (χ1n) is 16.3. The van der Waals surface area contributed by atoms with Gasteiger partial charge in [0, 0.05) is 0 Å². The molecule has 0 spiro atoms. The molecule has 4 heteroatoms. The van der Waals surface area contributed by atoms with Gasteiger partial charge in [-0.3, -0.25) is 0 Å². The molecule has 0 N–H and O–H groups in total. The Labute approximate surface area is 295 Å². The molecule has 4 nitrogen and oxygen atoms in total. The minimum Gasteiger partial charge on any atom is -0.497 e. The van der Waals surface area contributed by atoms with E-state index in [1.807, 2.05) is 84.9 Å². The van der Waals surface area contributed by atoms with Crippen molar-refractivity contribution in [2.75, 3.05) is 28.4 Å². The Kier molecular flexibility index (Phi) is 10.2. The molecule has 6 rings (SSSR count). The van der Waals surface area contributed by atoms with Gasteiger partial charge in [-0.15, -0.1) is 0 Å². The molecule has 0 aliphatic carbocycles. The number of methoxy groups -OCH3 is 4. The third kappa shape index (κ3) is 6.53. The van der Waals surface area contributed by atoms with Crippen LogP contribution in [0.15, 0.2) is 158 Å². The Balaban J connectivity index is 1.63. The van der Waals surface area contributed by atoms with Crippen molar-refractivity contribution in [2.45, 2.75) is 10.8 Å². The number of hydrogen-bond donors (Lipinski definition) is 0. The van der Waals surface area contributed by atoms with E-state index in [9.17, 15) is 0 Å². The second-order valence-electron chi connectivity index (χ2n) is 11.6. The van der Waals surface area contributed by atoms with Gasteiger partial charge in [0.25, 0.3) is 0 Å². The summed E-state index contributed by atoms with van der Waals surface area (Å²) in [6.45, 7) is 0. The first-order chi connectivity index (χ1) is 24.6. The summed E-state index contributed by atoms with van der Waals surface area (Å²) in [4.78, 5) is 0. The molecule has 0 saturated carbocycles. The maximum absolute atomic E-state index is 5.52. The second kappa shape index (κ2) is 15.2. The number of benzene rings is 6. The highest BCUT2D eigenvalue weighted by molar-refractivity contribution is 5.63. The minimum absolute atomic E-state index is 0.768. The maximum Gasteiger partial charge on any atom is 0.118 e. The second-order valence-corrected chi connectivity index (χ2v) is 11.6. The largest absolute Gasteiger partial charge is 0.497 e. The van der Waals surface area contributed by atoms with Crippen LogP contribution in [0.5, 0.6) is 23.0 Å². The fraction of sp³-hybridized carbons (Fsp3) is 0.130. The zero-order valence-electron chi connectivity index (χ0n) is 28.6. The van der Waals surface area contributed by atoms with Gasteiger partial charge in [0.2, 0.25) is 0 Å². The molecular weight excluding hydrogens is 617 g/mol. The van der Waals surface area contributed by atoms with Gasteiger partial charge in [0.1, 0.15) is 33.8 Å². The molecule has 0 unspecified atom stereocenters. The maximum atomic E-state index is 5.52. The van der Waals surface area contributed by atoms with Crippen LogP contribution < -0.4 is 18.9 Å². The molecule has 0 bridgehead atoms. The van der Waals surface area contributed by atoms with E-state index >= 15 is 0 Å². The summed E-state index contributed by atoms with van der Waals surface area (Å²) in [6.07, 6.45) is 0. The Morgan fingerprint density at radius 1 is 0.300 bits per heavy atom. The summed E-state index contributed by atoms with van der Waals surface area (Å²) in [5, 5.41) is 0. The Bertz CT molecular complexity index is 1860. The quantitative estimate of drug-likeness (QED) is 0.109. The van der Waals surface area contributed by atoms with Crippen molar-refractivity contribution in [3.05, 3.63) is 191 Å². The van der Waals surface area contributed by atoms with Crippen molar-refractivity contribution < 1.29 is 18.9 Å². The van der Waals surface area contributed by atoms with Crippen molar-refractivity contribution in [1.82, 2.24) is 0 Å². The van der Waals surface area contributed by atoms with E-state index in [0.717, 1.165) is 56.4 Å². The van der Waals surface area contributed by atoms with Gasteiger partial charge in [0.05, 0.1) is 28.4 Å². The average Bonchev–Trinajstić information content (AvgIpc) is 3.20. The monoisotopic (exact) mass is 654 g/mol. The Morgan fingerprint density at radius 3 is 0.740 bits per heavy atom. The highest BCUT2D eigenvalue weighted by Crippen LogP contribution is 2.42. The molecule has 0 atom stereocenters. The summed E-state index contributed by atoms with van der Waals surface area (Å²) in [5.74, 6) is 17.2. The van der Waals surface area contributed by atoms with E-state index in [0.29, 0.717) is 0 Å². The lowest BCUT2D eigenvalue weighted by molar-refractivity contribution is 0.414. The molecule has 0 amide bonds. The molecule has 0 aromatic heterocycles. The van der Waals surface area contributed by atoms with E-state index in [1.54, 1.807) is 28.4 Å². The van der Waals surface area contributed by atoms with Crippen LogP contribution in [0, 0.1) is 23.7 Å². The van der Waals surface area contributed by atoms with Crippen molar-refractivity contribution in [1.29, 1.82) is 0 Å². The average molecular weight is 655 g/mol. The Hall–Kier alpha value is -6.36. The standard InChI is InChI=1S/C46H38O4/c1-47-41-25-17-37(18-26-41)45(35-13-7-5-8-14-35,38-19-27-42(48-2)28-20-38)33-11-12-34-46(36-15-9-6-10-16-36,39-21-29-43(49-3)30-22-39)40-23-31-44(50-4)32-24-40/h5-10,13-32H,1-4H3. The lowest BCUT2D eigenvalue weighted by atomic mass is 9.69. The highest BCUT2D eigenvalue weighted by atomic mass is 16.5. The zero-order valence-corrected chi connectivity index (χ0v) is 28.6. The molecule has 0 aliphatic heterocycles. The normalized spacial score (nSPS) is 10.9. The number of ether oxygens (including phenoxy) is 4. The summed E-state index contributed by atoms with van der Waals surface area (Å²) < 4.78 is 22.1. The molecule has 6 aromatic carbocycles. The lowest BCUT2D eigenvalue weighted by Crippen LogP contribution is -2.28. The summed E-state index contributed by atoms with van der Waals surface area (Å²) in [7, 11) is 6.68. The van der Waals surface area contributed by atoms with E-state index in [2.05, 4.69) is 96.5 Å². The lowest BCUT2D eigenvalue weighted by Gasteiger charge is -2.31. The smallest absolute Gasteiger partial charge is 0.118 e. The molecule has 0 radical (unpaired) electrons. The van der Waals surface area contributed by atoms with Crippen LogP contribution in [-0.2, 0) is 10.8 Å². The van der Waals surface area contributed by atoms with Crippen LogP contribution in [-0.4, -0.2) is 28.4 Å². The first kappa shape index (κ1) is 33.5. The van der Waals surface area contributed by atoms with Gasteiger partial charge in [-0.1, -0.05) is 121 Å². The molecule has 0 heterocycles. The molecule has 246 valence electrons. The molecular formula is C46H38O4. The third-order valence-electron chi connectivity index (χ3n) is 9.07. The third-order valence-corrected chi connectivity index (χ3v) is 9.07. The van der Waals surface area contributed by atoms with E-state index < -0.39 is 10.8 Å². The SMILES string of the molecule is COc1ccc(C(C#CC#CC(c2ccccc2)(c2ccc(OC)cc2)c2ccc(OC)cc2)(c2ccccc2)c2ccc(OC)cc2)cc1. The fourth-order valence-corrected chi connectivity index (χ4v) is 6.42. The van der Waals surface area contributed by atoms with Crippen LogP contribution in [0.4, 0.5) is 0 Å². The molecule has 50 heavy (non-hydrogen) atoms. The summed E-state index contributed by atoms with van der Waals surface area (Å²) in [5.41, 5.74) is 4.28. The van der Waals surface area contributed by atoms with Gasteiger partial charge >= 0.3 is 0 Å². The van der Waals surface area contributed by atoms with Crippen LogP contribution in [0.2, 0.25) is 0 Å². The summed E-state index contributed by atoms with van der Waals surface area (Å²) >= 11 is 0. The predicted octanol–water partition coefficient (Wildman–Crippen LogP) is 9.10. The van der Waals surface area contributed by atoms with Gasteiger partial charge in [-0.05, 0) is 93.8 Å². The minimum atomic E-state index is -0.857. The first-order valence-corrected chi connectivity index (χ1v) is 16.3. The molecule has 0 aliphatic rings. The fourth-order valence-electron chi connectivity index (χ4n) is 6.42. The number of rotatable bonds is 10. The molecule has 0 fully saturated rings.